The second-order valence-corrected chi connectivity index (χ2v) is 7.46. The highest BCUT2D eigenvalue weighted by Crippen LogP contribution is 2.13. The molecule has 2 rings (SSSR count). The fourth-order valence-electron chi connectivity index (χ4n) is 2.40. The van der Waals surface area contributed by atoms with Crippen LogP contribution >= 0.6 is 0 Å². The second-order valence-electron chi connectivity index (χ2n) is 5.58. The summed E-state index contributed by atoms with van der Waals surface area (Å²) in [4.78, 5) is 12.3. The molecule has 0 fully saturated rings. The van der Waals surface area contributed by atoms with Gasteiger partial charge in [0, 0.05) is 24.8 Å². The Kier molecular flexibility index (Phi) is 5.40. The van der Waals surface area contributed by atoms with Crippen LogP contribution in [0.3, 0.4) is 0 Å². The molecular formula is C16H22N4O3S. The highest BCUT2D eigenvalue weighted by atomic mass is 32.2. The Morgan fingerprint density at radius 3 is 2.33 bits per heavy atom. The highest BCUT2D eigenvalue weighted by Gasteiger charge is 2.14. The number of carbonyl (C=O) groups excluding carboxylic acids is 1. The van der Waals surface area contributed by atoms with Crippen LogP contribution in [-0.2, 0) is 34.8 Å². The number of nitrogens with zero attached hydrogens (tertiary/aromatic N) is 2. The zero-order chi connectivity index (χ0) is 17.9. The lowest BCUT2D eigenvalue weighted by atomic mass is 10.1. The molecule has 1 aromatic carbocycles. The maximum Gasteiger partial charge on any atom is 0.240 e. The lowest BCUT2D eigenvalue weighted by Crippen LogP contribution is -2.25. The van der Waals surface area contributed by atoms with Crippen LogP contribution in [0.25, 0.3) is 0 Å². The van der Waals surface area contributed by atoms with Gasteiger partial charge < -0.3 is 5.32 Å². The molecule has 2 N–H and O–H groups in total. The molecule has 24 heavy (non-hydrogen) atoms. The predicted molar refractivity (Wildman–Crippen MR) is 90.9 cm³/mol. The van der Waals surface area contributed by atoms with Crippen LogP contribution in [0.15, 0.2) is 29.2 Å². The Morgan fingerprint density at radius 1 is 1.21 bits per heavy atom. The standard InChI is InChI=1S/C16H22N4O3S/c1-11-15(12(2)20(4)19-11)9-16(21)18-10-13-5-7-14(8-6-13)24(22,23)17-3/h5-8,17H,9-10H2,1-4H3,(H,18,21). The van der Waals surface area contributed by atoms with E-state index in [0.717, 1.165) is 22.5 Å². The van der Waals surface area contributed by atoms with Crippen molar-refractivity contribution in [2.24, 2.45) is 7.05 Å². The average molecular weight is 350 g/mol. The summed E-state index contributed by atoms with van der Waals surface area (Å²) in [7, 11) is -0.222. The van der Waals surface area contributed by atoms with Crippen LogP contribution in [0.2, 0.25) is 0 Å². The lowest BCUT2D eigenvalue weighted by molar-refractivity contribution is -0.120. The first kappa shape index (κ1) is 18.2. The van der Waals surface area contributed by atoms with Gasteiger partial charge in [-0.2, -0.15) is 5.10 Å². The molecular weight excluding hydrogens is 328 g/mol. The first-order valence-corrected chi connectivity index (χ1v) is 9.01. The van der Waals surface area contributed by atoms with Crippen molar-refractivity contribution in [2.45, 2.75) is 31.7 Å². The molecule has 0 saturated heterocycles. The van der Waals surface area contributed by atoms with E-state index < -0.39 is 10.0 Å². The van der Waals surface area contributed by atoms with E-state index in [-0.39, 0.29) is 17.2 Å². The second kappa shape index (κ2) is 7.14. The van der Waals surface area contributed by atoms with Crippen molar-refractivity contribution in [3.8, 4) is 0 Å². The fraction of sp³-hybridized carbons (Fsp3) is 0.375. The van der Waals surface area contributed by atoms with Gasteiger partial charge in [0.1, 0.15) is 0 Å². The molecule has 0 aliphatic rings. The monoisotopic (exact) mass is 350 g/mol. The summed E-state index contributed by atoms with van der Waals surface area (Å²) in [6.45, 7) is 4.16. The number of carbonyl (C=O) groups is 1. The van der Waals surface area contributed by atoms with E-state index in [1.54, 1.807) is 16.8 Å². The van der Waals surface area contributed by atoms with Crippen molar-refractivity contribution in [1.29, 1.82) is 0 Å². The van der Waals surface area contributed by atoms with Gasteiger partial charge in [-0.15, -0.1) is 0 Å². The summed E-state index contributed by atoms with van der Waals surface area (Å²) in [5.41, 5.74) is 3.60. The van der Waals surface area contributed by atoms with Crippen LogP contribution in [0.5, 0.6) is 0 Å². The van der Waals surface area contributed by atoms with Crippen molar-refractivity contribution in [1.82, 2.24) is 19.8 Å². The van der Waals surface area contributed by atoms with Crippen LogP contribution in [0, 0.1) is 13.8 Å². The number of rotatable bonds is 6. The molecule has 8 heteroatoms. The first-order chi connectivity index (χ1) is 11.2. The molecule has 2 aromatic rings. The van der Waals surface area contributed by atoms with Crippen molar-refractivity contribution >= 4 is 15.9 Å². The Balaban J connectivity index is 1.97. The van der Waals surface area contributed by atoms with E-state index in [4.69, 9.17) is 0 Å². The van der Waals surface area contributed by atoms with Crippen LogP contribution in [-0.4, -0.2) is 31.2 Å². The Labute approximate surface area is 142 Å². The van der Waals surface area contributed by atoms with Gasteiger partial charge in [-0.25, -0.2) is 13.1 Å². The van der Waals surface area contributed by atoms with Crippen molar-refractivity contribution in [3.05, 3.63) is 46.8 Å². The number of aryl methyl sites for hydroxylation is 2. The van der Waals surface area contributed by atoms with Crippen molar-refractivity contribution < 1.29 is 13.2 Å². The topological polar surface area (TPSA) is 93.1 Å². The Morgan fingerprint density at radius 2 is 1.83 bits per heavy atom. The minimum Gasteiger partial charge on any atom is -0.352 e. The number of amides is 1. The van der Waals surface area contributed by atoms with Crippen molar-refractivity contribution in [3.63, 3.8) is 0 Å². The molecule has 0 atom stereocenters. The number of benzene rings is 1. The summed E-state index contributed by atoms with van der Waals surface area (Å²) in [5, 5.41) is 7.14. The van der Waals surface area contributed by atoms with Crippen LogP contribution < -0.4 is 10.0 Å². The number of hydrogen-bond donors (Lipinski definition) is 2. The molecule has 0 radical (unpaired) electrons. The molecule has 1 heterocycles. The largest absolute Gasteiger partial charge is 0.352 e. The number of hydrogen-bond acceptors (Lipinski definition) is 4. The zero-order valence-electron chi connectivity index (χ0n) is 14.3. The quantitative estimate of drug-likeness (QED) is 0.806. The van der Waals surface area contributed by atoms with E-state index in [1.807, 2.05) is 20.9 Å². The minimum absolute atomic E-state index is 0.0962. The minimum atomic E-state index is -3.44. The zero-order valence-corrected chi connectivity index (χ0v) is 15.1. The molecule has 7 nitrogen and oxygen atoms in total. The smallest absolute Gasteiger partial charge is 0.240 e. The summed E-state index contributed by atoms with van der Waals surface area (Å²) in [6.07, 6.45) is 0.276. The van der Waals surface area contributed by atoms with Gasteiger partial charge in [-0.05, 0) is 38.6 Å². The van der Waals surface area contributed by atoms with Gasteiger partial charge in [0.25, 0.3) is 0 Å². The first-order valence-electron chi connectivity index (χ1n) is 7.53. The number of aromatic nitrogens is 2. The third-order valence-corrected chi connectivity index (χ3v) is 5.42. The summed E-state index contributed by atoms with van der Waals surface area (Å²) < 4.78 is 27.3. The summed E-state index contributed by atoms with van der Waals surface area (Å²) in [5.74, 6) is -0.0962. The van der Waals surface area contributed by atoms with Gasteiger partial charge in [-0.1, -0.05) is 12.1 Å². The molecule has 1 amide bonds. The Bertz CT molecular complexity index is 839. The van der Waals surface area contributed by atoms with Gasteiger partial charge in [-0.3, -0.25) is 9.48 Å². The molecule has 0 spiro atoms. The van der Waals surface area contributed by atoms with E-state index >= 15 is 0 Å². The number of sulfonamides is 1. The predicted octanol–water partition coefficient (Wildman–Crippen LogP) is 0.804. The van der Waals surface area contributed by atoms with Gasteiger partial charge >= 0.3 is 0 Å². The van der Waals surface area contributed by atoms with Gasteiger partial charge in [0.05, 0.1) is 17.0 Å². The fourth-order valence-corrected chi connectivity index (χ4v) is 3.13. The normalized spacial score (nSPS) is 11.5. The van der Waals surface area contributed by atoms with E-state index in [1.165, 1.54) is 19.2 Å². The van der Waals surface area contributed by atoms with Crippen LogP contribution in [0.4, 0.5) is 0 Å². The average Bonchev–Trinajstić information content (AvgIpc) is 2.79. The summed E-state index contributed by atoms with van der Waals surface area (Å²) >= 11 is 0. The molecule has 0 bridgehead atoms. The van der Waals surface area contributed by atoms with E-state index in [2.05, 4.69) is 15.1 Å². The maximum atomic E-state index is 12.1. The maximum absolute atomic E-state index is 12.1. The third-order valence-electron chi connectivity index (χ3n) is 3.99. The molecule has 0 aliphatic heterocycles. The lowest BCUT2D eigenvalue weighted by Gasteiger charge is -2.07. The third kappa shape index (κ3) is 4.01. The molecule has 0 aliphatic carbocycles. The molecule has 1 aromatic heterocycles. The van der Waals surface area contributed by atoms with Gasteiger partial charge in [0.15, 0.2) is 0 Å². The SMILES string of the molecule is CNS(=O)(=O)c1ccc(CNC(=O)Cc2c(C)nn(C)c2C)cc1. The summed E-state index contributed by atoms with van der Waals surface area (Å²) in [6, 6.07) is 6.40. The van der Waals surface area contributed by atoms with E-state index in [9.17, 15) is 13.2 Å². The molecule has 130 valence electrons. The van der Waals surface area contributed by atoms with E-state index in [0.29, 0.717) is 6.54 Å². The number of nitrogens with one attached hydrogen (secondary N) is 2. The van der Waals surface area contributed by atoms with Crippen LogP contribution in [0.1, 0.15) is 22.5 Å². The molecule has 0 unspecified atom stereocenters. The highest BCUT2D eigenvalue weighted by molar-refractivity contribution is 7.89. The molecule has 0 saturated carbocycles. The van der Waals surface area contributed by atoms with Gasteiger partial charge in [0.2, 0.25) is 15.9 Å². The van der Waals surface area contributed by atoms with Crippen molar-refractivity contribution in [2.75, 3.05) is 7.05 Å². The Hall–Kier alpha value is -2.19.